The lowest BCUT2D eigenvalue weighted by atomic mass is 9.79. The second-order valence-corrected chi connectivity index (χ2v) is 7.32. The van der Waals surface area contributed by atoms with Crippen molar-refractivity contribution in [3.05, 3.63) is 60.6 Å². The molecule has 0 N–H and O–H groups in total. The summed E-state index contributed by atoms with van der Waals surface area (Å²) in [5.74, 6) is 1.88. The van der Waals surface area contributed by atoms with Gasteiger partial charge in [0.2, 0.25) is 0 Å². The molecule has 5 nitrogen and oxygen atoms in total. The summed E-state index contributed by atoms with van der Waals surface area (Å²) < 4.78 is 28.2. The quantitative estimate of drug-likeness (QED) is 0.396. The summed E-state index contributed by atoms with van der Waals surface area (Å²) >= 11 is 0. The van der Waals surface area contributed by atoms with E-state index >= 15 is 0 Å². The average Bonchev–Trinajstić information content (AvgIpc) is 2.85. The molecule has 0 unspecified atom stereocenters. The summed E-state index contributed by atoms with van der Waals surface area (Å²) in [6, 6.07) is 7.67. The molecule has 2 rings (SSSR count). The highest BCUT2D eigenvalue weighted by molar-refractivity contribution is 6.62. The molecule has 0 saturated carbocycles. The summed E-state index contributed by atoms with van der Waals surface area (Å²) in [5, 5.41) is 0. The molecular formula is C21H29BO5. The van der Waals surface area contributed by atoms with Gasteiger partial charge in [0.05, 0.1) is 24.9 Å². The van der Waals surface area contributed by atoms with Crippen LogP contribution in [0.3, 0.4) is 0 Å². The SMILES string of the molecule is C=C(/C=C\C(=C/COC)Oc1ccc(B2OC(C)(C)C(C)(C)O2)cc1)OC. The predicted octanol–water partition coefficient (Wildman–Crippen LogP) is 3.61. The number of ether oxygens (including phenoxy) is 3. The summed E-state index contributed by atoms with van der Waals surface area (Å²) in [6.45, 7) is 12.4. The van der Waals surface area contributed by atoms with E-state index in [1.54, 1.807) is 26.4 Å². The highest BCUT2D eigenvalue weighted by Crippen LogP contribution is 2.36. The predicted molar refractivity (Wildman–Crippen MR) is 108 cm³/mol. The number of allylic oxidation sites excluding steroid dienone is 2. The number of hydrogen-bond acceptors (Lipinski definition) is 5. The molecule has 0 spiro atoms. The van der Waals surface area contributed by atoms with Crippen LogP contribution < -0.4 is 10.2 Å². The number of hydrogen-bond donors (Lipinski definition) is 0. The first-order chi connectivity index (χ1) is 12.7. The van der Waals surface area contributed by atoms with Crippen molar-refractivity contribution in [2.75, 3.05) is 20.8 Å². The van der Waals surface area contributed by atoms with Crippen LogP contribution in [0, 0.1) is 0 Å². The Morgan fingerprint density at radius 2 is 1.63 bits per heavy atom. The van der Waals surface area contributed by atoms with Gasteiger partial charge in [-0.25, -0.2) is 0 Å². The molecule has 0 bridgehead atoms. The molecule has 0 atom stereocenters. The zero-order chi connectivity index (χ0) is 20.1. The molecule has 0 amide bonds. The van der Waals surface area contributed by atoms with Crippen molar-refractivity contribution in [2.45, 2.75) is 38.9 Å². The van der Waals surface area contributed by atoms with Gasteiger partial charge in [-0.05, 0) is 63.5 Å². The molecular weight excluding hydrogens is 343 g/mol. The second-order valence-electron chi connectivity index (χ2n) is 7.32. The van der Waals surface area contributed by atoms with Gasteiger partial charge in [0.15, 0.2) is 0 Å². The summed E-state index contributed by atoms with van der Waals surface area (Å²) in [6.07, 6.45) is 5.36. The van der Waals surface area contributed by atoms with Crippen LogP contribution in [-0.2, 0) is 18.8 Å². The fourth-order valence-electron chi connectivity index (χ4n) is 2.36. The lowest BCUT2D eigenvalue weighted by molar-refractivity contribution is 0.00578. The fourth-order valence-corrected chi connectivity index (χ4v) is 2.36. The van der Waals surface area contributed by atoms with E-state index in [4.69, 9.17) is 23.5 Å². The molecule has 0 aliphatic carbocycles. The summed E-state index contributed by atoms with van der Waals surface area (Å²) in [7, 11) is 2.81. The Morgan fingerprint density at radius 1 is 1.04 bits per heavy atom. The van der Waals surface area contributed by atoms with E-state index in [0.717, 1.165) is 5.46 Å². The topological polar surface area (TPSA) is 46.2 Å². The number of methoxy groups -OCH3 is 2. The van der Waals surface area contributed by atoms with E-state index in [9.17, 15) is 0 Å². The van der Waals surface area contributed by atoms with Crippen LogP contribution in [-0.4, -0.2) is 39.1 Å². The Bertz CT molecular complexity index is 688. The maximum atomic E-state index is 6.08. The van der Waals surface area contributed by atoms with E-state index in [2.05, 4.69) is 6.58 Å². The summed E-state index contributed by atoms with van der Waals surface area (Å²) in [5.41, 5.74) is 0.223. The first-order valence-electron chi connectivity index (χ1n) is 8.92. The summed E-state index contributed by atoms with van der Waals surface area (Å²) in [4.78, 5) is 0. The van der Waals surface area contributed by atoms with E-state index in [1.807, 2.05) is 58.0 Å². The zero-order valence-corrected chi connectivity index (χ0v) is 17.1. The molecule has 1 aliphatic heterocycles. The van der Waals surface area contributed by atoms with Gasteiger partial charge in [0.25, 0.3) is 0 Å². The van der Waals surface area contributed by atoms with Gasteiger partial charge in [-0.1, -0.05) is 18.7 Å². The van der Waals surface area contributed by atoms with E-state index in [0.29, 0.717) is 23.9 Å². The van der Waals surface area contributed by atoms with Crippen LogP contribution in [0.15, 0.2) is 60.6 Å². The van der Waals surface area contributed by atoms with Gasteiger partial charge in [-0.15, -0.1) is 0 Å². The van der Waals surface area contributed by atoms with E-state index in [-0.39, 0.29) is 11.2 Å². The van der Waals surface area contributed by atoms with Gasteiger partial charge in [0, 0.05) is 7.11 Å². The molecule has 1 aromatic carbocycles. The van der Waals surface area contributed by atoms with Crippen molar-refractivity contribution < 1.29 is 23.5 Å². The van der Waals surface area contributed by atoms with Gasteiger partial charge < -0.3 is 23.5 Å². The Labute approximate surface area is 162 Å². The third-order valence-corrected chi connectivity index (χ3v) is 4.79. The van der Waals surface area contributed by atoms with Crippen LogP contribution in [0.1, 0.15) is 27.7 Å². The molecule has 0 aromatic heterocycles. The Balaban J connectivity index is 2.09. The minimum absolute atomic E-state index is 0.364. The van der Waals surface area contributed by atoms with Crippen LogP contribution >= 0.6 is 0 Å². The lowest BCUT2D eigenvalue weighted by Gasteiger charge is -2.32. The van der Waals surface area contributed by atoms with Crippen LogP contribution in [0.5, 0.6) is 5.75 Å². The van der Waals surface area contributed by atoms with Gasteiger partial charge in [-0.3, -0.25) is 0 Å². The van der Waals surface area contributed by atoms with Gasteiger partial charge in [0.1, 0.15) is 17.3 Å². The zero-order valence-electron chi connectivity index (χ0n) is 17.1. The highest BCUT2D eigenvalue weighted by Gasteiger charge is 2.51. The molecule has 1 heterocycles. The van der Waals surface area contributed by atoms with Gasteiger partial charge in [-0.2, -0.15) is 0 Å². The molecule has 1 saturated heterocycles. The lowest BCUT2D eigenvalue weighted by Crippen LogP contribution is -2.41. The van der Waals surface area contributed by atoms with E-state index < -0.39 is 7.12 Å². The minimum Gasteiger partial charge on any atom is -0.497 e. The number of benzene rings is 1. The molecule has 146 valence electrons. The van der Waals surface area contributed by atoms with Crippen molar-refractivity contribution in [3.63, 3.8) is 0 Å². The third kappa shape index (κ3) is 5.48. The Kier molecular flexibility index (Phi) is 6.92. The average molecular weight is 372 g/mol. The van der Waals surface area contributed by atoms with Crippen molar-refractivity contribution >= 4 is 12.6 Å². The standard InChI is InChI=1S/C21H29BO5/c1-16(24-7)8-11-19(14-15-23-6)25-18-12-9-17(10-13-18)22-26-20(2,3)21(4,5)27-22/h8-14H,1,15H2,2-7H3/b11-8-,19-14+. The van der Waals surface area contributed by atoms with Crippen molar-refractivity contribution in [2.24, 2.45) is 0 Å². The highest BCUT2D eigenvalue weighted by atomic mass is 16.7. The molecule has 1 fully saturated rings. The molecule has 0 radical (unpaired) electrons. The smallest absolute Gasteiger partial charge is 0.494 e. The van der Waals surface area contributed by atoms with Gasteiger partial charge >= 0.3 is 7.12 Å². The Morgan fingerprint density at radius 3 is 2.15 bits per heavy atom. The molecule has 27 heavy (non-hydrogen) atoms. The number of rotatable bonds is 8. The minimum atomic E-state index is -0.391. The normalized spacial score (nSPS) is 18.7. The third-order valence-electron chi connectivity index (χ3n) is 4.79. The second kappa shape index (κ2) is 8.78. The Hall–Kier alpha value is -2.02. The molecule has 1 aromatic rings. The van der Waals surface area contributed by atoms with E-state index in [1.165, 1.54) is 0 Å². The monoisotopic (exact) mass is 372 g/mol. The van der Waals surface area contributed by atoms with Crippen LogP contribution in [0.25, 0.3) is 0 Å². The van der Waals surface area contributed by atoms with Crippen LogP contribution in [0.4, 0.5) is 0 Å². The van der Waals surface area contributed by atoms with Crippen molar-refractivity contribution in [1.82, 2.24) is 0 Å². The first-order valence-corrected chi connectivity index (χ1v) is 8.92. The molecule has 6 heteroatoms. The fraction of sp³-hybridized carbons (Fsp3) is 0.429. The largest absolute Gasteiger partial charge is 0.497 e. The molecule has 1 aliphatic rings. The first kappa shape index (κ1) is 21.3. The van der Waals surface area contributed by atoms with Crippen LogP contribution in [0.2, 0.25) is 0 Å². The van der Waals surface area contributed by atoms with Crippen molar-refractivity contribution in [1.29, 1.82) is 0 Å². The maximum absolute atomic E-state index is 6.08. The van der Waals surface area contributed by atoms with Crippen molar-refractivity contribution in [3.8, 4) is 5.75 Å². The maximum Gasteiger partial charge on any atom is 0.494 e.